The van der Waals surface area contributed by atoms with Gasteiger partial charge in [-0.3, -0.25) is 0 Å². The molecule has 0 heterocycles. The maximum atomic E-state index is 10.0. The molecule has 0 bridgehead atoms. The van der Waals surface area contributed by atoms with Crippen molar-refractivity contribution in [3.8, 4) is 0 Å². The Balaban J connectivity index is 2.65. The molecule has 1 atom stereocenters. The van der Waals surface area contributed by atoms with Crippen molar-refractivity contribution in [3.63, 3.8) is 0 Å². The van der Waals surface area contributed by atoms with Crippen molar-refractivity contribution in [2.24, 2.45) is 0 Å². The molecule has 0 amide bonds. The molecule has 0 fully saturated rings. The lowest BCUT2D eigenvalue weighted by atomic mass is 10.2. The van der Waals surface area contributed by atoms with Gasteiger partial charge in [-0.1, -0.05) is 30.3 Å². The van der Waals surface area contributed by atoms with E-state index < -0.39 is 11.2 Å². The number of carbonyl (C=O) groups excluding carboxylic acids is 1. The highest BCUT2D eigenvalue weighted by atomic mass is 79.9. The van der Waals surface area contributed by atoms with Gasteiger partial charge in [0.15, 0.2) is 5.01 Å². The van der Waals surface area contributed by atoms with Crippen LogP contribution in [-0.2, 0) is 9.84 Å². The van der Waals surface area contributed by atoms with E-state index in [4.69, 9.17) is 0 Å². The highest BCUT2D eigenvalue weighted by Gasteiger charge is 2.11. The van der Waals surface area contributed by atoms with Crippen LogP contribution in [0.3, 0.4) is 0 Å². The van der Waals surface area contributed by atoms with E-state index in [9.17, 15) is 9.90 Å². The predicted octanol–water partition coefficient (Wildman–Crippen LogP) is 2.65. The molecular weight excluding hydrogens is 224 g/mol. The Morgan fingerprint density at radius 3 is 2.42 bits per heavy atom. The van der Waals surface area contributed by atoms with Gasteiger partial charge < -0.3 is 4.74 Å². The van der Waals surface area contributed by atoms with Crippen LogP contribution in [0.25, 0.3) is 0 Å². The molecule has 0 N–H and O–H groups in total. The molecule has 12 heavy (non-hydrogen) atoms. The molecular formula is C8H6BrO3. The summed E-state index contributed by atoms with van der Waals surface area (Å²) in [5.74, 6) is 0. The number of halogens is 1. The minimum absolute atomic E-state index is 0.649. The van der Waals surface area contributed by atoms with Crippen molar-refractivity contribution in [1.29, 1.82) is 0 Å². The second kappa shape index (κ2) is 4.11. The van der Waals surface area contributed by atoms with E-state index in [-0.39, 0.29) is 0 Å². The zero-order valence-electron chi connectivity index (χ0n) is 6.07. The van der Waals surface area contributed by atoms with Crippen LogP contribution in [0, 0.1) is 0 Å². The molecule has 1 unspecified atom stereocenters. The quantitative estimate of drug-likeness (QED) is 0.579. The molecule has 1 aromatic rings. The number of hydrogen-bond donors (Lipinski definition) is 0. The maximum Gasteiger partial charge on any atom is 0.551 e. The van der Waals surface area contributed by atoms with Crippen molar-refractivity contribution in [2.75, 3.05) is 0 Å². The molecule has 0 aliphatic heterocycles. The topological polar surface area (TPSA) is 46.2 Å². The Bertz CT molecular complexity index is 260. The molecule has 63 valence electrons. The normalized spacial score (nSPS) is 12.1. The third kappa shape index (κ3) is 2.54. The summed E-state index contributed by atoms with van der Waals surface area (Å²) in [6.45, 7) is 0. The van der Waals surface area contributed by atoms with E-state index in [0.717, 1.165) is 5.56 Å². The van der Waals surface area contributed by atoms with Crippen molar-refractivity contribution in [1.82, 2.24) is 0 Å². The highest BCUT2D eigenvalue weighted by Crippen LogP contribution is 2.23. The number of rotatable bonds is 2. The van der Waals surface area contributed by atoms with E-state index in [1.807, 2.05) is 6.07 Å². The second-order valence-electron chi connectivity index (χ2n) is 2.09. The number of carbonyl (C=O) groups is 1. The molecule has 1 aromatic carbocycles. The van der Waals surface area contributed by atoms with Gasteiger partial charge in [-0.15, -0.1) is 0 Å². The van der Waals surface area contributed by atoms with Gasteiger partial charge in [-0.05, 0) is 15.9 Å². The molecule has 0 spiro atoms. The zero-order valence-corrected chi connectivity index (χ0v) is 7.65. The van der Waals surface area contributed by atoms with Gasteiger partial charge in [-0.25, -0.2) is 0 Å². The first-order chi connectivity index (χ1) is 5.70. The lowest BCUT2D eigenvalue weighted by molar-refractivity contribution is 0.0608. The summed E-state index contributed by atoms with van der Waals surface area (Å²) in [6, 6.07) is 8.93. The fourth-order valence-corrected chi connectivity index (χ4v) is 1.21. The van der Waals surface area contributed by atoms with E-state index >= 15 is 0 Å². The second-order valence-corrected chi connectivity index (χ2v) is 2.93. The Labute approximate surface area is 78.1 Å². The summed E-state index contributed by atoms with van der Waals surface area (Å²) in [6.07, 6.45) is -1.54. The molecule has 1 rings (SSSR count). The van der Waals surface area contributed by atoms with Crippen LogP contribution in [0.2, 0.25) is 0 Å². The predicted molar refractivity (Wildman–Crippen MR) is 45.3 cm³/mol. The Morgan fingerprint density at radius 1 is 1.33 bits per heavy atom. The van der Waals surface area contributed by atoms with Crippen LogP contribution in [-0.4, -0.2) is 6.16 Å². The summed E-state index contributed by atoms with van der Waals surface area (Å²) in [5.41, 5.74) is 0.738. The number of ether oxygens (including phenoxy) is 1. The standard InChI is InChI=1S/C8H6BrO3/c9-7(12-8(10)11)6-4-2-1-3-5-6/h1-5,7H. The molecule has 0 saturated heterocycles. The van der Waals surface area contributed by atoms with Crippen LogP contribution < -0.4 is 0 Å². The van der Waals surface area contributed by atoms with Crippen molar-refractivity contribution in [2.45, 2.75) is 5.01 Å². The van der Waals surface area contributed by atoms with Crippen molar-refractivity contribution >= 4 is 22.1 Å². The molecule has 0 aliphatic carbocycles. The van der Waals surface area contributed by atoms with Crippen LogP contribution in [0.1, 0.15) is 10.6 Å². The number of alkyl halides is 1. The number of hydrogen-bond acceptors (Lipinski definition) is 2. The molecule has 4 heteroatoms. The third-order valence-corrected chi connectivity index (χ3v) is 1.98. The first-order valence-electron chi connectivity index (χ1n) is 3.27. The van der Waals surface area contributed by atoms with E-state index in [1.54, 1.807) is 24.3 Å². The van der Waals surface area contributed by atoms with Gasteiger partial charge >= 0.3 is 6.16 Å². The van der Waals surface area contributed by atoms with Crippen molar-refractivity contribution < 1.29 is 14.6 Å². The van der Waals surface area contributed by atoms with Gasteiger partial charge in [0.2, 0.25) is 0 Å². The summed E-state index contributed by atoms with van der Waals surface area (Å²) in [7, 11) is 0. The lowest BCUT2D eigenvalue weighted by Crippen LogP contribution is -2.01. The Hall–Kier alpha value is -1.03. The highest BCUT2D eigenvalue weighted by molar-refractivity contribution is 9.09. The summed E-state index contributed by atoms with van der Waals surface area (Å²) >= 11 is 3.04. The zero-order chi connectivity index (χ0) is 8.97. The first-order valence-corrected chi connectivity index (χ1v) is 4.18. The monoisotopic (exact) mass is 229 g/mol. The Kier molecular flexibility index (Phi) is 3.10. The van der Waals surface area contributed by atoms with E-state index in [0.29, 0.717) is 0 Å². The summed E-state index contributed by atoms with van der Waals surface area (Å²) in [5, 5.41) is 9.37. The van der Waals surface area contributed by atoms with Crippen LogP contribution in [0.5, 0.6) is 0 Å². The molecule has 0 aliphatic rings. The van der Waals surface area contributed by atoms with Gasteiger partial charge in [0.05, 0.1) is 0 Å². The molecule has 0 aromatic heterocycles. The molecule has 1 radical (unpaired) electrons. The molecule has 0 saturated carbocycles. The van der Waals surface area contributed by atoms with Crippen LogP contribution >= 0.6 is 15.9 Å². The van der Waals surface area contributed by atoms with E-state index in [1.165, 1.54) is 0 Å². The average Bonchev–Trinajstić information content (AvgIpc) is 2.05. The Morgan fingerprint density at radius 2 is 1.92 bits per heavy atom. The SMILES string of the molecule is [O]C(=O)OC(Br)c1ccccc1. The van der Waals surface area contributed by atoms with Gasteiger partial charge in [-0.2, -0.15) is 9.90 Å². The minimum atomic E-state index is -1.54. The minimum Gasteiger partial charge on any atom is -0.412 e. The smallest absolute Gasteiger partial charge is 0.412 e. The fourth-order valence-electron chi connectivity index (χ4n) is 0.757. The lowest BCUT2D eigenvalue weighted by Gasteiger charge is -2.06. The maximum absolute atomic E-state index is 10.0. The van der Waals surface area contributed by atoms with Crippen LogP contribution in [0.15, 0.2) is 30.3 Å². The van der Waals surface area contributed by atoms with Crippen molar-refractivity contribution in [3.05, 3.63) is 35.9 Å². The van der Waals surface area contributed by atoms with Crippen LogP contribution in [0.4, 0.5) is 4.79 Å². The summed E-state index contributed by atoms with van der Waals surface area (Å²) < 4.78 is 4.36. The van der Waals surface area contributed by atoms with E-state index in [2.05, 4.69) is 20.7 Å². The average molecular weight is 230 g/mol. The van der Waals surface area contributed by atoms with Gasteiger partial charge in [0.1, 0.15) is 0 Å². The fraction of sp³-hybridized carbons (Fsp3) is 0.125. The first kappa shape index (κ1) is 9.06. The molecule has 3 nitrogen and oxygen atoms in total. The number of benzene rings is 1. The largest absolute Gasteiger partial charge is 0.551 e. The van der Waals surface area contributed by atoms with Gasteiger partial charge in [0, 0.05) is 5.56 Å². The summed E-state index contributed by atoms with van der Waals surface area (Å²) in [4.78, 5) is 10.0. The van der Waals surface area contributed by atoms with Gasteiger partial charge in [0.25, 0.3) is 0 Å². The third-order valence-electron chi connectivity index (χ3n) is 1.26.